The van der Waals surface area contributed by atoms with Gasteiger partial charge in [0.15, 0.2) is 6.10 Å². The zero-order valence-electron chi connectivity index (χ0n) is 12.0. The van der Waals surface area contributed by atoms with Crippen LogP contribution in [0.1, 0.15) is 20.7 Å². The van der Waals surface area contributed by atoms with E-state index in [0.717, 1.165) is 0 Å². The highest BCUT2D eigenvalue weighted by atomic mass is 16.6. The van der Waals surface area contributed by atoms with Gasteiger partial charge in [-0.3, -0.25) is 0 Å². The molecule has 0 radical (unpaired) electrons. The van der Waals surface area contributed by atoms with E-state index in [4.69, 9.17) is 9.47 Å². The molecular weight excluding hydrogens is 300 g/mol. The maximum atomic E-state index is 11.8. The molecule has 118 valence electrons. The summed E-state index contributed by atoms with van der Waals surface area (Å²) in [6, 6.07) is 15.9. The lowest BCUT2D eigenvalue weighted by atomic mass is 10.2. The van der Waals surface area contributed by atoms with Crippen molar-refractivity contribution in [3.63, 3.8) is 0 Å². The average molecular weight is 313 g/mol. The SMILES string of the molecule is O=C(OC[C@H](OC(=O)c1ccccc1)C(=O)[O-])c1ccccc1. The van der Waals surface area contributed by atoms with Gasteiger partial charge in [-0.1, -0.05) is 36.4 Å². The fourth-order valence-electron chi connectivity index (χ4n) is 1.73. The lowest BCUT2D eigenvalue weighted by Crippen LogP contribution is -2.42. The maximum absolute atomic E-state index is 11.8. The number of carbonyl (C=O) groups is 3. The first-order valence-electron chi connectivity index (χ1n) is 6.77. The van der Waals surface area contributed by atoms with E-state index in [1.54, 1.807) is 36.4 Å². The average Bonchev–Trinajstić information content (AvgIpc) is 2.59. The number of aliphatic carboxylic acids is 1. The Hall–Kier alpha value is -3.15. The number of esters is 2. The Kier molecular flexibility index (Phi) is 5.46. The summed E-state index contributed by atoms with van der Waals surface area (Å²) in [7, 11) is 0. The van der Waals surface area contributed by atoms with E-state index >= 15 is 0 Å². The lowest BCUT2D eigenvalue weighted by molar-refractivity contribution is -0.315. The minimum absolute atomic E-state index is 0.188. The van der Waals surface area contributed by atoms with Gasteiger partial charge in [0.1, 0.15) is 6.61 Å². The van der Waals surface area contributed by atoms with Crippen LogP contribution in [0, 0.1) is 0 Å². The Labute approximate surface area is 132 Å². The molecule has 2 aromatic carbocycles. The van der Waals surface area contributed by atoms with Crippen LogP contribution in [0.5, 0.6) is 0 Å². The van der Waals surface area contributed by atoms with Crippen LogP contribution in [-0.4, -0.2) is 30.6 Å². The predicted octanol–water partition coefficient (Wildman–Crippen LogP) is 0.819. The molecule has 0 aliphatic carbocycles. The van der Waals surface area contributed by atoms with Crippen molar-refractivity contribution < 1.29 is 29.0 Å². The van der Waals surface area contributed by atoms with Gasteiger partial charge in [0.25, 0.3) is 0 Å². The van der Waals surface area contributed by atoms with Gasteiger partial charge in [-0.25, -0.2) is 9.59 Å². The second-order valence-electron chi connectivity index (χ2n) is 4.54. The molecule has 2 rings (SSSR count). The summed E-state index contributed by atoms with van der Waals surface area (Å²) in [6.07, 6.45) is -1.68. The standard InChI is InChI=1S/C17H14O6/c18-15(19)14(23-17(21)13-9-5-2-6-10-13)11-22-16(20)12-7-3-1-4-8-12/h1-10,14H,11H2,(H,18,19)/p-1/t14-/m0/s1. The summed E-state index contributed by atoms with van der Waals surface area (Å²) in [5.41, 5.74) is 0.451. The molecule has 23 heavy (non-hydrogen) atoms. The van der Waals surface area contributed by atoms with Gasteiger partial charge in [0.2, 0.25) is 0 Å². The number of carboxylic acids is 1. The molecule has 0 aliphatic heterocycles. The Morgan fingerprint density at radius 3 is 1.78 bits per heavy atom. The summed E-state index contributed by atoms with van der Waals surface area (Å²) in [5, 5.41) is 11.0. The van der Waals surface area contributed by atoms with Gasteiger partial charge in [-0.05, 0) is 24.3 Å². The van der Waals surface area contributed by atoms with Crippen molar-refractivity contribution >= 4 is 17.9 Å². The van der Waals surface area contributed by atoms with Crippen molar-refractivity contribution in [1.82, 2.24) is 0 Å². The van der Waals surface area contributed by atoms with Gasteiger partial charge in [0.05, 0.1) is 17.1 Å². The topological polar surface area (TPSA) is 92.7 Å². The molecule has 0 aromatic heterocycles. The second-order valence-corrected chi connectivity index (χ2v) is 4.54. The second kappa shape index (κ2) is 7.74. The monoisotopic (exact) mass is 313 g/mol. The van der Waals surface area contributed by atoms with Gasteiger partial charge in [-0.2, -0.15) is 0 Å². The number of hydrogen-bond acceptors (Lipinski definition) is 6. The number of ether oxygens (including phenoxy) is 2. The van der Waals surface area contributed by atoms with Crippen molar-refractivity contribution in [2.75, 3.05) is 6.61 Å². The van der Waals surface area contributed by atoms with Gasteiger partial charge >= 0.3 is 11.9 Å². The van der Waals surface area contributed by atoms with Crippen LogP contribution in [0.25, 0.3) is 0 Å². The minimum atomic E-state index is -1.68. The molecule has 1 atom stereocenters. The Morgan fingerprint density at radius 2 is 1.30 bits per heavy atom. The smallest absolute Gasteiger partial charge is 0.338 e. The van der Waals surface area contributed by atoms with Gasteiger partial charge in [-0.15, -0.1) is 0 Å². The zero-order valence-corrected chi connectivity index (χ0v) is 12.0. The molecule has 0 amide bonds. The van der Waals surface area contributed by atoms with E-state index in [1.807, 2.05) is 0 Å². The van der Waals surface area contributed by atoms with Crippen LogP contribution in [0.3, 0.4) is 0 Å². The molecule has 0 spiro atoms. The fourth-order valence-corrected chi connectivity index (χ4v) is 1.73. The molecule has 0 N–H and O–H groups in total. The van der Waals surface area contributed by atoms with Gasteiger partial charge in [0, 0.05) is 0 Å². The third-order valence-electron chi connectivity index (χ3n) is 2.90. The number of carbonyl (C=O) groups excluding carboxylic acids is 3. The van der Waals surface area contributed by atoms with Crippen molar-refractivity contribution in [2.45, 2.75) is 6.10 Å². The first-order valence-corrected chi connectivity index (χ1v) is 6.77. The first-order chi connectivity index (χ1) is 11.1. The highest BCUT2D eigenvalue weighted by Gasteiger charge is 2.19. The summed E-state index contributed by atoms with van der Waals surface area (Å²) < 4.78 is 9.66. The molecule has 0 aliphatic rings. The fraction of sp³-hybridized carbons (Fsp3) is 0.118. The number of benzene rings is 2. The Bertz CT molecular complexity index is 681. The van der Waals surface area contributed by atoms with Crippen LogP contribution in [-0.2, 0) is 14.3 Å². The van der Waals surface area contributed by atoms with Crippen LogP contribution in [0.15, 0.2) is 60.7 Å². The molecule has 6 heteroatoms. The summed E-state index contributed by atoms with van der Waals surface area (Å²) in [6.45, 7) is -0.630. The molecule has 0 saturated carbocycles. The quantitative estimate of drug-likeness (QED) is 0.733. The van der Waals surface area contributed by atoms with Crippen LogP contribution < -0.4 is 5.11 Å². The molecule has 0 bridgehead atoms. The van der Waals surface area contributed by atoms with Crippen LogP contribution in [0.2, 0.25) is 0 Å². The van der Waals surface area contributed by atoms with E-state index in [0.29, 0.717) is 0 Å². The zero-order chi connectivity index (χ0) is 16.7. The van der Waals surface area contributed by atoms with E-state index in [1.165, 1.54) is 24.3 Å². The van der Waals surface area contributed by atoms with Crippen molar-refractivity contribution in [2.24, 2.45) is 0 Å². The minimum Gasteiger partial charge on any atom is -0.546 e. The number of carboxylic acid groups (broad SMARTS) is 1. The molecule has 6 nitrogen and oxygen atoms in total. The first kappa shape index (κ1) is 16.2. The molecule has 2 aromatic rings. The normalized spacial score (nSPS) is 11.3. The lowest BCUT2D eigenvalue weighted by Gasteiger charge is -2.18. The number of rotatable bonds is 6. The van der Waals surface area contributed by atoms with Crippen molar-refractivity contribution in [3.8, 4) is 0 Å². The predicted molar refractivity (Wildman–Crippen MR) is 77.4 cm³/mol. The van der Waals surface area contributed by atoms with Crippen molar-refractivity contribution in [1.29, 1.82) is 0 Å². The molecule has 0 saturated heterocycles. The summed E-state index contributed by atoms with van der Waals surface area (Å²) in [4.78, 5) is 34.6. The Balaban J connectivity index is 1.96. The van der Waals surface area contributed by atoms with E-state index in [-0.39, 0.29) is 11.1 Å². The highest BCUT2D eigenvalue weighted by Crippen LogP contribution is 2.06. The van der Waals surface area contributed by atoms with E-state index in [9.17, 15) is 19.5 Å². The number of hydrogen-bond donors (Lipinski definition) is 0. The summed E-state index contributed by atoms with van der Waals surface area (Å²) >= 11 is 0. The van der Waals surface area contributed by atoms with Crippen molar-refractivity contribution in [3.05, 3.63) is 71.8 Å². The van der Waals surface area contributed by atoms with Crippen LogP contribution in [0.4, 0.5) is 0 Å². The largest absolute Gasteiger partial charge is 0.546 e. The van der Waals surface area contributed by atoms with E-state index in [2.05, 4.69) is 0 Å². The third kappa shape index (κ3) is 4.67. The maximum Gasteiger partial charge on any atom is 0.338 e. The molecular formula is C17H13O6-. The van der Waals surface area contributed by atoms with E-state index < -0.39 is 30.6 Å². The highest BCUT2D eigenvalue weighted by molar-refractivity contribution is 5.91. The molecule has 0 unspecified atom stereocenters. The molecule has 0 heterocycles. The molecule has 0 fully saturated rings. The summed E-state index contributed by atoms with van der Waals surface area (Å²) in [5.74, 6) is -3.20. The van der Waals surface area contributed by atoms with Gasteiger partial charge < -0.3 is 19.4 Å². The Morgan fingerprint density at radius 1 is 0.826 bits per heavy atom. The third-order valence-corrected chi connectivity index (χ3v) is 2.90. The van der Waals surface area contributed by atoms with Crippen LogP contribution >= 0.6 is 0 Å².